The lowest BCUT2D eigenvalue weighted by molar-refractivity contribution is 0.504. The molecule has 0 aliphatic heterocycles. The Morgan fingerprint density at radius 3 is 2.45 bits per heavy atom. The molecule has 4 heteroatoms. The van der Waals surface area contributed by atoms with E-state index in [-0.39, 0.29) is 17.3 Å². The highest BCUT2D eigenvalue weighted by Gasteiger charge is 2.50. The molecule has 0 bridgehead atoms. The van der Waals surface area contributed by atoms with E-state index in [0.29, 0.717) is 15.1 Å². The van der Waals surface area contributed by atoms with Crippen molar-refractivity contribution >= 4 is 27.5 Å². The molecule has 1 fully saturated rings. The van der Waals surface area contributed by atoms with Crippen LogP contribution in [-0.2, 0) is 5.41 Å². The summed E-state index contributed by atoms with van der Waals surface area (Å²) in [6.07, 6.45) is 1.95. The van der Waals surface area contributed by atoms with Gasteiger partial charge in [-0.1, -0.05) is 41.9 Å². The van der Waals surface area contributed by atoms with Gasteiger partial charge in [-0.2, -0.15) is 0 Å². The lowest BCUT2D eigenvalue weighted by Crippen LogP contribution is -2.27. The predicted octanol–water partition coefficient (Wildman–Crippen LogP) is 4.97. The Morgan fingerprint density at radius 2 is 1.85 bits per heavy atom. The Bertz CT molecular complexity index is 640. The van der Waals surface area contributed by atoms with Crippen molar-refractivity contribution < 1.29 is 4.39 Å². The van der Waals surface area contributed by atoms with Crippen molar-refractivity contribution in [2.24, 2.45) is 5.73 Å². The van der Waals surface area contributed by atoms with Crippen molar-refractivity contribution in [1.29, 1.82) is 0 Å². The van der Waals surface area contributed by atoms with E-state index in [1.165, 1.54) is 11.6 Å². The molecule has 0 amide bonds. The van der Waals surface area contributed by atoms with Gasteiger partial charge in [0.25, 0.3) is 0 Å². The summed E-state index contributed by atoms with van der Waals surface area (Å²) in [6, 6.07) is 12.7. The fourth-order valence-electron chi connectivity index (χ4n) is 2.76. The highest BCUT2D eigenvalue weighted by Crippen LogP contribution is 2.56. The molecule has 1 unspecified atom stereocenters. The van der Waals surface area contributed by atoms with Gasteiger partial charge in [-0.3, -0.25) is 0 Å². The fraction of sp³-hybridized carbons (Fsp3) is 0.250. The molecule has 20 heavy (non-hydrogen) atoms. The first-order valence-electron chi connectivity index (χ1n) is 6.50. The molecule has 1 nitrogen and oxygen atoms in total. The van der Waals surface area contributed by atoms with E-state index in [4.69, 9.17) is 17.3 Å². The van der Waals surface area contributed by atoms with E-state index >= 15 is 0 Å². The van der Waals surface area contributed by atoms with Gasteiger partial charge in [-0.25, -0.2) is 4.39 Å². The van der Waals surface area contributed by atoms with Crippen LogP contribution in [0, 0.1) is 5.82 Å². The Hall–Kier alpha value is -0.900. The molecule has 3 rings (SSSR count). The topological polar surface area (TPSA) is 26.0 Å². The van der Waals surface area contributed by atoms with Crippen molar-refractivity contribution in [2.75, 3.05) is 0 Å². The normalized spacial score (nSPS) is 17.8. The van der Waals surface area contributed by atoms with Crippen molar-refractivity contribution in [3.8, 4) is 0 Å². The van der Waals surface area contributed by atoms with Crippen molar-refractivity contribution in [1.82, 2.24) is 0 Å². The van der Waals surface area contributed by atoms with E-state index in [2.05, 4.69) is 28.1 Å². The van der Waals surface area contributed by atoms with Crippen LogP contribution in [0.25, 0.3) is 0 Å². The highest BCUT2D eigenvalue weighted by atomic mass is 79.9. The molecule has 1 aliphatic carbocycles. The van der Waals surface area contributed by atoms with Gasteiger partial charge in [-0.05, 0) is 46.5 Å². The summed E-state index contributed by atoms with van der Waals surface area (Å²) < 4.78 is 14.7. The maximum atomic E-state index is 14.2. The fourth-order valence-corrected chi connectivity index (χ4v) is 3.25. The molecular weight excluding hydrogens is 341 g/mol. The molecule has 2 aromatic carbocycles. The summed E-state index contributed by atoms with van der Waals surface area (Å²) in [5.41, 5.74) is 7.88. The SMILES string of the molecule is NC(c1cc(Cl)c(Br)cc1F)C1(c2ccccc2)CC1. The molecule has 104 valence electrons. The van der Waals surface area contributed by atoms with Gasteiger partial charge in [0.1, 0.15) is 5.82 Å². The second-order valence-electron chi connectivity index (χ2n) is 5.29. The zero-order valence-electron chi connectivity index (χ0n) is 10.7. The molecule has 0 aromatic heterocycles. The second kappa shape index (κ2) is 5.14. The monoisotopic (exact) mass is 353 g/mol. The average Bonchev–Trinajstić information content (AvgIpc) is 3.25. The van der Waals surface area contributed by atoms with Gasteiger partial charge < -0.3 is 5.73 Å². The molecule has 0 heterocycles. The zero-order valence-corrected chi connectivity index (χ0v) is 13.1. The summed E-state index contributed by atoms with van der Waals surface area (Å²) in [7, 11) is 0. The van der Waals surface area contributed by atoms with E-state index < -0.39 is 0 Å². The summed E-state index contributed by atoms with van der Waals surface area (Å²) in [6.45, 7) is 0. The van der Waals surface area contributed by atoms with Gasteiger partial charge in [0, 0.05) is 21.5 Å². The van der Waals surface area contributed by atoms with Crippen molar-refractivity contribution in [3.05, 3.63) is 68.9 Å². The molecule has 0 radical (unpaired) electrons. The van der Waals surface area contributed by atoms with Crippen molar-refractivity contribution in [2.45, 2.75) is 24.3 Å². The highest BCUT2D eigenvalue weighted by molar-refractivity contribution is 9.10. The largest absolute Gasteiger partial charge is 0.323 e. The quantitative estimate of drug-likeness (QED) is 0.774. The van der Waals surface area contributed by atoms with Crippen LogP contribution >= 0.6 is 27.5 Å². The lowest BCUT2D eigenvalue weighted by Gasteiger charge is -2.25. The van der Waals surface area contributed by atoms with Crippen LogP contribution in [0.5, 0.6) is 0 Å². The van der Waals surface area contributed by atoms with Crippen molar-refractivity contribution in [3.63, 3.8) is 0 Å². The smallest absolute Gasteiger partial charge is 0.129 e. The van der Waals surface area contributed by atoms with Crippen LogP contribution in [0.1, 0.15) is 30.0 Å². The minimum Gasteiger partial charge on any atom is -0.323 e. The van der Waals surface area contributed by atoms with Crippen LogP contribution in [0.15, 0.2) is 46.9 Å². The molecule has 0 saturated heterocycles. The first kappa shape index (κ1) is 14.1. The molecule has 2 N–H and O–H groups in total. The van der Waals surface area contributed by atoms with E-state index in [1.807, 2.05) is 18.2 Å². The minimum absolute atomic E-state index is 0.154. The van der Waals surface area contributed by atoms with Gasteiger partial charge in [0.2, 0.25) is 0 Å². The van der Waals surface area contributed by atoms with Crippen LogP contribution in [-0.4, -0.2) is 0 Å². The minimum atomic E-state index is -0.379. The zero-order chi connectivity index (χ0) is 14.3. The van der Waals surface area contributed by atoms with Gasteiger partial charge in [0.15, 0.2) is 0 Å². The molecular formula is C16H14BrClFN. The summed E-state index contributed by atoms with van der Waals surface area (Å²) in [4.78, 5) is 0. The van der Waals surface area contributed by atoms with Gasteiger partial charge in [0.05, 0.1) is 5.02 Å². The number of benzene rings is 2. The maximum Gasteiger partial charge on any atom is 0.129 e. The number of hydrogen-bond donors (Lipinski definition) is 1. The van der Waals surface area contributed by atoms with Crippen LogP contribution in [0.4, 0.5) is 4.39 Å². The van der Waals surface area contributed by atoms with Gasteiger partial charge >= 0.3 is 0 Å². The van der Waals surface area contributed by atoms with Crippen LogP contribution in [0.3, 0.4) is 0 Å². The molecule has 2 aromatic rings. The standard InChI is InChI=1S/C16H14BrClFN/c17-12-9-14(19)11(8-13(12)18)15(20)16(6-7-16)10-4-2-1-3-5-10/h1-5,8-9,15H,6-7,20H2. The molecule has 0 spiro atoms. The lowest BCUT2D eigenvalue weighted by atomic mass is 9.84. The molecule has 1 atom stereocenters. The third-order valence-corrected chi connectivity index (χ3v) is 5.30. The van der Waals surface area contributed by atoms with Gasteiger partial charge in [-0.15, -0.1) is 0 Å². The Kier molecular flexibility index (Phi) is 3.61. The third kappa shape index (κ3) is 2.28. The Labute approximate surface area is 131 Å². The molecule has 1 saturated carbocycles. The summed E-state index contributed by atoms with van der Waals surface area (Å²) in [5.74, 6) is -0.309. The maximum absolute atomic E-state index is 14.2. The number of halogens is 3. The summed E-state index contributed by atoms with van der Waals surface area (Å²) >= 11 is 9.30. The first-order chi connectivity index (χ1) is 9.54. The number of hydrogen-bond acceptors (Lipinski definition) is 1. The van der Waals surface area contributed by atoms with E-state index in [1.54, 1.807) is 6.07 Å². The third-order valence-electron chi connectivity index (χ3n) is 4.11. The number of nitrogens with two attached hydrogens (primary N) is 1. The van der Waals surface area contributed by atoms with Crippen LogP contribution in [0.2, 0.25) is 5.02 Å². The average molecular weight is 355 g/mol. The second-order valence-corrected chi connectivity index (χ2v) is 6.55. The predicted molar refractivity (Wildman–Crippen MR) is 83.4 cm³/mol. The Morgan fingerprint density at radius 1 is 1.20 bits per heavy atom. The molecule has 1 aliphatic rings. The van der Waals surface area contributed by atoms with Crippen LogP contribution < -0.4 is 5.73 Å². The first-order valence-corrected chi connectivity index (χ1v) is 7.67. The summed E-state index contributed by atoms with van der Waals surface area (Å²) in [5, 5.41) is 0.487. The van der Waals surface area contributed by atoms with E-state index in [0.717, 1.165) is 12.8 Å². The van der Waals surface area contributed by atoms with E-state index in [9.17, 15) is 4.39 Å². The number of rotatable bonds is 3. The Balaban J connectivity index is 2.01.